The molecule has 8 heteroatoms. The second-order valence-corrected chi connectivity index (χ2v) is 9.05. The van der Waals surface area contributed by atoms with Crippen LogP contribution in [0.25, 0.3) is 0 Å². The van der Waals surface area contributed by atoms with Crippen molar-refractivity contribution in [1.82, 2.24) is 4.90 Å². The zero-order valence-corrected chi connectivity index (χ0v) is 15.9. The van der Waals surface area contributed by atoms with E-state index < -0.39 is 32.5 Å². The van der Waals surface area contributed by atoms with E-state index in [9.17, 15) is 21.6 Å². The van der Waals surface area contributed by atoms with E-state index in [4.69, 9.17) is 5.26 Å². The maximum absolute atomic E-state index is 13.8. The molecule has 0 unspecified atom stereocenters. The van der Waals surface area contributed by atoms with E-state index in [0.717, 1.165) is 12.1 Å². The molecule has 4 nitrogen and oxygen atoms in total. The summed E-state index contributed by atoms with van der Waals surface area (Å²) in [6.07, 6.45) is 1.18. The first-order valence-corrected chi connectivity index (χ1v) is 10.5. The van der Waals surface area contributed by atoms with Crippen LogP contribution in [0.4, 0.5) is 13.2 Å². The number of nitrogens with zero attached hydrogens (tertiary/aromatic N) is 2. The second-order valence-electron chi connectivity index (χ2n) is 6.83. The minimum Gasteiger partial charge on any atom is -0.303 e. The molecule has 0 amide bonds. The molecule has 2 aromatic rings. The average Bonchev–Trinajstić information content (AvgIpc) is 2.67. The first kappa shape index (κ1) is 20.4. The van der Waals surface area contributed by atoms with Crippen molar-refractivity contribution in [2.45, 2.75) is 29.4 Å². The van der Waals surface area contributed by atoms with Crippen LogP contribution in [0.1, 0.15) is 24.0 Å². The molecular weight excluding hydrogens is 389 g/mol. The van der Waals surface area contributed by atoms with Gasteiger partial charge in [0.05, 0.1) is 15.7 Å². The zero-order valence-electron chi connectivity index (χ0n) is 15.0. The number of benzene rings is 2. The van der Waals surface area contributed by atoms with Gasteiger partial charge in [0, 0.05) is 12.6 Å². The number of hydrogen-bond acceptors (Lipinski definition) is 4. The van der Waals surface area contributed by atoms with Crippen molar-refractivity contribution in [1.29, 1.82) is 5.26 Å². The Morgan fingerprint density at radius 3 is 2.36 bits per heavy atom. The lowest BCUT2D eigenvalue weighted by atomic mass is 10.1. The highest BCUT2D eigenvalue weighted by molar-refractivity contribution is 7.92. The van der Waals surface area contributed by atoms with E-state index in [1.807, 2.05) is 4.90 Å². The molecule has 1 heterocycles. The quantitative estimate of drug-likeness (QED) is 0.760. The number of likely N-dealkylation sites (tertiary alicyclic amines) is 1. The predicted molar refractivity (Wildman–Crippen MR) is 97.8 cm³/mol. The van der Waals surface area contributed by atoms with Crippen molar-refractivity contribution in [2.24, 2.45) is 0 Å². The molecule has 0 aromatic heterocycles. The van der Waals surface area contributed by atoms with E-state index in [1.165, 1.54) is 24.3 Å². The van der Waals surface area contributed by atoms with Gasteiger partial charge in [-0.25, -0.2) is 21.6 Å². The van der Waals surface area contributed by atoms with Gasteiger partial charge in [0.25, 0.3) is 0 Å². The lowest BCUT2D eigenvalue weighted by molar-refractivity contribution is 0.232. The molecule has 28 heavy (non-hydrogen) atoms. The summed E-state index contributed by atoms with van der Waals surface area (Å²) in [5.74, 6) is -2.05. The molecule has 0 spiro atoms. The minimum atomic E-state index is -3.69. The Balaban J connectivity index is 1.60. The van der Waals surface area contributed by atoms with Crippen molar-refractivity contribution in [3.63, 3.8) is 0 Å². The van der Waals surface area contributed by atoms with Gasteiger partial charge in [-0.3, -0.25) is 0 Å². The van der Waals surface area contributed by atoms with E-state index >= 15 is 0 Å². The third-order valence-corrected chi connectivity index (χ3v) is 7.34. The summed E-state index contributed by atoms with van der Waals surface area (Å²) in [7, 11) is -3.69. The average molecular weight is 408 g/mol. The van der Waals surface area contributed by atoms with Crippen molar-refractivity contribution in [3.05, 3.63) is 65.0 Å². The topological polar surface area (TPSA) is 61.2 Å². The lowest BCUT2D eigenvalue weighted by Crippen LogP contribution is -2.40. The van der Waals surface area contributed by atoms with Crippen LogP contribution in [0.15, 0.2) is 41.3 Å². The van der Waals surface area contributed by atoms with Crippen LogP contribution in [-0.4, -0.2) is 38.2 Å². The number of sulfone groups is 1. The molecule has 3 rings (SSSR count). The highest BCUT2D eigenvalue weighted by Crippen LogP contribution is 2.26. The lowest BCUT2D eigenvalue weighted by Gasteiger charge is -2.31. The van der Waals surface area contributed by atoms with Crippen LogP contribution in [0.2, 0.25) is 0 Å². The van der Waals surface area contributed by atoms with Crippen LogP contribution in [0, 0.1) is 28.8 Å². The first-order valence-electron chi connectivity index (χ1n) is 8.91. The third-order valence-electron chi connectivity index (χ3n) is 5.08. The van der Waals surface area contributed by atoms with Crippen molar-refractivity contribution >= 4 is 9.84 Å². The molecule has 0 radical (unpaired) electrons. The highest BCUT2D eigenvalue weighted by atomic mass is 32.2. The number of piperidine rings is 1. The summed E-state index contributed by atoms with van der Waals surface area (Å²) < 4.78 is 65.9. The van der Waals surface area contributed by atoms with Crippen LogP contribution < -0.4 is 0 Å². The van der Waals surface area contributed by atoms with E-state index in [0.29, 0.717) is 44.5 Å². The smallest absolute Gasteiger partial charge is 0.181 e. The van der Waals surface area contributed by atoms with Gasteiger partial charge in [0.15, 0.2) is 9.84 Å². The maximum Gasteiger partial charge on any atom is 0.181 e. The fourth-order valence-corrected chi connectivity index (χ4v) is 5.14. The monoisotopic (exact) mass is 408 g/mol. The Kier molecular flexibility index (Phi) is 6.06. The first-order chi connectivity index (χ1) is 13.3. The maximum atomic E-state index is 13.8. The Hall–Kier alpha value is -2.37. The minimum absolute atomic E-state index is 0.115. The summed E-state index contributed by atoms with van der Waals surface area (Å²) >= 11 is 0. The molecule has 1 fully saturated rings. The Bertz CT molecular complexity index is 1010. The Morgan fingerprint density at radius 1 is 1.04 bits per heavy atom. The molecule has 1 aliphatic heterocycles. The summed E-state index contributed by atoms with van der Waals surface area (Å²) in [6.45, 7) is 1.58. The van der Waals surface area contributed by atoms with Gasteiger partial charge in [0.1, 0.15) is 23.5 Å². The molecule has 0 aliphatic carbocycles. The summed E-state index contributed by atoms with van der Waals surface area (Å²) in [6, 6.07) is 8.50. The van der Waals surface area contributed by atoms with Gasteiger partial charge < -0.3 is 4.90 Å². The van der Waals surface area contributed by atoms with Gasteiger partial charge in [-0.05, 0) is 62.2 Å². The Labute approximate surface area is 162 Å². The van der Waals surface area contributed by atoms with Crippen molar-refractivity contribution < 1.29 is 21.6 Å². The number of nitriles is 1. The SMILES string of the molecule is N#Cc1ccc(S(=O)(=O)C2CCN(CCc3ccc(F)cc3F)CC2)cc1F. The van der Waals surface area contributed by atoms with Gasteiger partial charge in [-0.2, -0.15) is 5.26 Å². The number of halogens is 3. The van der Waals surface area contributed by atoms with Crippen molar-refractivity contribution in [3.8, 4) is 6.07 Å². The fourth-order valence-electron chi connectivity index (χ4n) is 3.40. The summed E-state index contributed by atoms with van der Waals surface area (Å²) in [4.78, 5) is 1.92. The van der Waals surface area contributed by atoms with Gasteiger partial charge in [-0.15, -0.1) is 0 Å². The highest BCUT2D eigenvalue weighted by Gasteiger charge is 2.31. The largest absolute Gasteiger partial charge is 0.303 e. The molecule has 148 valence electrons. The number of rotatable bonds is 5. The zero-order chi connectivity index (χ0) is 20.3. The van der Waals surface area contributed by atoms with Gasteiger partial charge in [0.2, 0.25) is 0 Å². The fraction of sp³-hybridized carbons (Fsp3) is 0.350. The third kappa shape index (κ3) is 4.37. The molecule has 0 atom stereocenters. The number of hydrogen-bond donors (Lipinski definition) is 0. The molecule has 1 aliphatic rings. The van der Waals surface area contributed by atoms with Gasteiger partial charge >= 0.3 is 0 Å². The molecule has 1 saturated heterocycles. The van der Waals surface area contributed by atoms with E-state index in [-0.39, 0.29) is 10.5 Å². The normalized spacial score (nSPS) is 16.1. The van der Waals surface area contributed by atoms with E-state index in [1.54, 1.807) is 6.07 Å². The van der Waals surface area contributed by atoms with Crippen LogP contribution >= 0.6 is 0 Å². The van der Waals surface area contributed by atoms with Crippen LogP contribution in [0.3, 0.4) is 0 Å². The van der Waals surface area contributed by atoms with Crippen LogP contribution in [0.5, 0.6) is 0 Å². The summed E-state index contributed by atoms with van der Waals surface area (Å²) in [5.41, 5.74) is 0.228. The molecule has 0 N–H and O–H groups in total. The Morgan fingerprint density at radius 2 is 1.75 bits per heavy atom. The second kappa shape index (κ2) is 8.33. The summed E-state index contributed by atoms with van der Waals surface area (Å²) in [5, 5.41) is 8.14. The van der Waals surface area contributed by atoms with Crippen LogP contribution in [-0.2, 0) is 16.3 Å². The molecular formula is C20H19F3N2O2S. The molecule has 0 saturated carbocycles. The van der Waals surface area contributed by atoms with E-state index in [2.05, 4.69) is 0 Å². The molecule has 0 bridgehead atoms. The molecule has 2 aromatic carbocycles. The standard InChI is InChI=1S/C20H19F3N2O2S/c21-16-3-1-14(19(22)11-16)5-8-25-9-6-17(7-10-25)28(26,27)18-4-2-15(13-24)20(23)12-18/h1-4,11-12,17H,5-10H2. The van der Waals surface area contributed by atoms with Crippen molar-refractivity contribution in [2.75, 3.05) is 19.6 Å². The van der Waals surface area contributed by atoms with Gasteiger partial charge in [-0.1, -0.05) is 6.07 Å². The predicted octanol–water partition coefficient (Wildman–Crippen LogP) is 3.46.